The summed E-state index contributed by atoms with van der Waals surface area (Å²) in [5, 5.41) is 1.81. The van der Waals surface area contributed by atoms with E-state index in [-0.39, 0.29) is 46.4 Å². The molecule has 14 heteroatoms. The Balaban J connectivity index is 0.00000433. The third-order valence-corrected chi connectivity index (χ3v) is 9.86. The molecule has 0 bridgehead atoms. The van der Waals surface area contributed by atoms with Gasteiger partial charge < -0.3 is 43.5 Å². The molecular weight excluding hydrogens is 740 g/mol. The number of rotatable bonds is 8. The first-order chi connectivity index (χ1) is 22.1. The van der Waals surface area contributed by atoms with Gasteiger partial charge in [-0.15, -0.1) is 17.0 Å². The SMILES string of the molecule is Br.COC(=O)c1c(C)[nH]c2c(OC(=O)C3CCN(C)CC3)cc3c(c12)C(CBr)CN3C(=O)c1cc2cc(OC)c(OC)c(OC)c2[nH]1. The van der Waals surface area contributed by atoms with Crippen LogP contribution in [0.2, 0.25) is 0 Å². The topological polar surface area (TPSA) is 135 Å². The highest BCUT2D eigenvalue weighted by Gasteiger charge is 2.39. The number of aromatic nitrogens is 2. The normalized spacial score (nSPS) is 16.6. The first-order valence-electron chi connectivity index (χ1n) is 15.0. The molecule has 1 saturated heterocycles. The maximum Gasteiger partial charge on any atom is 0.340 e. The number of anilines is 1. The number of amides is 1. The molecule has 1 atom stereocenters. The number of fused-ring (bicyclic) bond motifs is 4. The van der Waals surface area contributed by atoms with Crippen LogP contribution in [0.5, 0.6) is 23.0 Å². The number of halogens is 2. The Morgan fingerprint density at radius 2 is 1.64 bits per heavy atom. The number of likely N-dealkylation sites (tertiary alicyclic amines) is 1. The van der Waals surface area contributed by atoms with Crippen LogP contribution in [0.15, 0.2) is 18.2 Å². The fraction of sp³-hybridized carbons (Fsp3) is 0.424. The minimum atomic E-state index is -0.520. The van der Waals surface area contributed by atoms with Crippen LogP contribution in [0, 0.1) is 12.8 Å². The molecule has 1 amide bonds. The molecule has 12 nitrogen and oxygen atoms in total. The summed E-state index contributed by atoms with van der Waals surface area (Å²) in [5.41, 5.74) is 3.69. The Bertz CT molecular complexity index is 1860. The second-order valence-corrected chi connectivity index (χ2v) is 12.4. The van der Waals surface area contributed by atoms with Crippen LogP contribution in [0.1, 0.15) is 50.9 Å². The molecule has 6 rings (SSSR count). The molecule has 0 aliphatic carbocycles. The summed E-state index contributed by atoms with van der Waals surface area (Å²) >= 11 is 3.64. The van der Waals surface area contributed by atoms with Gasteiger partial charge in [0.1, 0.15) is 5.69 Å². The number of aryl methyl sites for hydroxylation is 1. The number of hydrogen-bond acceptors (Lipinski definition) is 9. The number of carbonyl (C=O) groups excluding carboxylic acids is 3. The molecule has 0 radical (unpaired) electrons. The summed E-state index contributed by atoms with van der Waals surface area (Å²) < 4.78 is 28.0. The van der Waals surface area contributed by atoms with Gasteiger partial charge in [0.05, 0.1) is 56.6 Å². The number of H-pyrrole nitrogens is 2. The predicted molar refractivity (Wildman–Crippen MR) is 187 cm³/mol. The van der Waals surface area contributed by atoms with Crippen molar-refractivity contribution in [2.24, 2.45) is 5.92 Å². The lowest BCUT2D eigenvalue weighted by Gasteiger charge is -2.27. The molecule has 252 valence electrons. The van der Waals surface area contributed by atoms with E-state index in [1.165, 1.54) is 28.4 Å². The van der Waals surface area contributed by atoms with Crippen molar-refractivity contribution in [3.8, 4) is 23.0 Å². The molecule has 1 fully saturated rings. The largest absolute Gasteiger partial charge is 0.493 e. The Morgan fingerprint density at radius 3 is 2.26 bits per heavy atom. The summed E-state index contributed by atoms with van der Waals surface area (Å²) in [6.45, 7) is 3.71. The number of aromatic amines is 2. The van der Waals surface area contributed by atoms with E-state index >= 15 is 0 Å². The van der Waals surface area contributed by atoms with Gasteiger partial charge in [-0.25, -0.2) is 4.79 Å². The van der Waals surface area contributed by atoms with Crippen LogP contribution < -0.4 is 23.8 Å². The van der Waals surface area contributed by atoms with Gasteiger partial charge in [0.15, 0.2) is 17.2 Å². The second-order valence-electron chi connectivity index (χ2n) is 11.7. The Morgan fingerprint density at radius 1 is 0.936 bits per heavy atom. The molecule has 47 heavy (non-hydrogen) atoms. The Hall–Kier alpha value is -3.75. The summed E-state index contributed by atoms with van der Waals surface area (Å²) in [5.74, 6) is -0.0407. The van der Waals surface area contributed by atoms with Crippen molar-refractivity contribution in [1.82, 2.24) is 14.9 Å². The monoisotopic (exact) mass is 776 g/mol. The molecule has 1 unspecified atom stereocenters. The molecule has 2 aliphatic rings. The van der Waals surface area contributed by atoms with E-state index in [9.17, 15) is 14.4 Å². The third kappa shape index (κ3) is 5.84. The first kappa shape index (κ1) is 34.6. The Labute approximate surface area is 290 Å². The van der Waals surface area contributed by atoms with E-state index in [1.54, 1.807) is 30.0 Å². The molecule has 0 spiro atoms. The van der Waals surface area contributed by atoms with Gasteiger partial charge in [0, 0.05) is 40.3 Å². The maximum absolute atomic E-state index is 14.3. The average Bonchev–Trinajstić information content (AvgIpc) is 3.76. The van der Waals surface area contributed by atoms with Gasteiger partial charge >= 0.3 is 11.9 Å². The van der Waals surface area contributed by atoms with E-state index in [2.05, 4.69) is 30.8 Å². The molecule has 4 aromatic rings. The minimum absolute atomic E-state index is 0. The lowest BCUT2D eigenvalue weighted by molar-refractivity contribution is -0.140. The van der Waals surface area contributed by atoms with Crippen molar-refractivity contribution >= 4 is 78.3 Å². The van der Waals surface area contributed by atoms with Gasteiger partial charge in [0.25, 0.3) is 5.91 Å². The second kappa shape index (κ2) is 13.8. The molecule has 2 aromatic carbocycles. The maximum atomic E-state index is 14.3. The molecule has 2 aliphatic heterocycles. The van der Waals surface area contributed by atoms with Crippen LogP contribution in [-0.2, 0) is 9.53 Å². The summed E-state index contributed by atoms with van der Waals surface area (Å²) in [6, 6.07) is 5.25. The van der Waals surface area contributed by atoms with Crippen LogP contribution in [0.4, 0.5) is 5.69 Å². The summed E-state index contributed by atoms with van der Waals surface area (Å²) in [4.78, 5) is 51.3. The summed E-state index contributed by atoms with van der Waals surface area (Å²) in [6.07, 6.45) is 1.38. The fourth-order valence-electron chi connectivity index (χ4n) is 6.72. The van der Waals surface area contributed by atoms with Crippen molar-refractivity contribution in [3.05, 3.63) is 40.7 Å². The van der Waals surface area contributed by atoms with Crippen LogP contribution >= 0.6 is 32.9 Å². The molecule has 0 saturated carbocycles. The number of benzene rings is 2. The number of piperidine rings is 1. The molecule has 4 heterocycles. The van der Waals surface area contributed by atoms with Crippen LogP contribution in [-0.4, -0.2) is 93.2 Å². The van der Waals surface area contributed by atoms with Crippen molar-refractivity contribution in [2.45, 2.75) is 25.7 Å². The van der Waals surface area contributed by atoms with E-state index in [1.807, 2.05) is 7.05 Å². The molecular formula is C33H38Br2N4O8. The van der Waals surface area contributed by atoms with Gasteiger partial charge in [-0.3, -0.25) is 9.59 Å². The standard InChI is InChI=1S/C33H37BrN4O8.BrH/c1-16-24(33(41)45-6)26-25-19(14-34)15-38(21(25)13-22(28(26)35-16)46-32(40)17-7-9-37(2)10-8-17)31(39)20-11-18-12-23(42-3)29(43-4)30(44-5)27(18)36-20;/h11-13,17,19,35-36H,7-10,14-15H2,1-6H3;1H. The van der Waals surface area contributed by atoms with E-state index in [4.69, 9.17) is 23.7 Å². The lowest BCUT2D eigenvalue weighted by Crippen LogP contribution is -2.35. The first-order valence-corrected chi connectivity index (χ1v) is 16.1. The van der Waals surface area contributed by atoms with Gasteiger partial charge in [-0.05, 0) is 57.6 Å². The number of alkyl halides is 1. The third-order valence-electron chi connectivity index (χ3n) is 9.08. The van der Waals surface area contributed by atoms with Crippen LogP contribution in [0.3, 0.4) is 0 Å². The van der Waals surface area contributed by atoms with Crippen molar-refractivity contribution in [1.29, 1.82) is 0 Å². The van der Waals surface area contributed by atoms with Crippen LogP contribution in [0.25, 0.3) is 21.8 Å². The molecule has 2 N–H and O–H groups in total. The van der Waals surface area contributed by atoms with Crippen molar-refractivity contribution < 1.29 is 38.1 Å². The minimum Gasteiger partial charge on any atom is -0.493 e. The number of esters is 2. The number of nitrogens with zero attached hydrogens (tertiary/aromatic N) is 2. The highest BCUT2D eigenvalue weighted by atomic mass is 79.9. The van der Waals surface area contributed by atoms with E-state index < -0.39 is 5.97 Å². The highest BCUT2D eigenvalue weighted by Crippen LogP contribution is 2.49. The average molecular weight is 778 g/mol. The number of carbonyl (C=O) groups is 3. The smallest absolute Gasteiger partial charge is 0.340 e. The van der Waals surface area contributed by atoms with Gasteiger partial charge in [0.2, 0.25) is 5.75 Å². The zero-order valence-electron chi connectivity index (χ0n) is 27.1. The summed E-state index contributed by atoms with van der Waals surface area (Å²) in [7, 11) is 7.94. The van der Waals surface area contributed by atoms with Crippen molar-refractivity contribution in [2.75, 3.05) is 65.4 Å². The predicted octanol–water partition coefficient (Wildman–Crippen LogP) is 5.73. The van der Waals surface area contributed by atoms with Gasteiger partial charge in [-0.1, -0.05) is 15.9 Å². The van der Waals surface area contributed by atoms with Crippen molar-refractivity contribution in [3.63, 3.8) is 0 Å². The zero-order valence-corrected chi connectivity index (χ0v) is 30.4. The number of hydrogen-bond donors (Lipinski definition) is 2. The number of ether oxygens (including phenoxy) is 5. The van der Waals surface area contributed by atoms with E-state index in [0.29, 0.717) is 86.4 Å². The number of methoxy groups -OCH3 is 4. The fourth-order valence-corrected chi connectivity index (χ4v) is 7.25. The van der Waals surface area contributed by atoms with Gasteiger partial charge in [-0.2, -0.15) is 0 Å². The quantitative estimate of drug-likeness (QED) is 0.131. The van der Waals surface area contributed by atoms with E-state index in [0.717, 1.165) is 18.7 Å². The zero-order chi connectivity index (χ0) is 32.9. The molecule has 2 aromatic heterocycles. The number of nitrogens with one attached hydrogen (secondary N) is 2. The highest BCUT2D eigenvalue weighted by molar-refractivity contribution is 9.09. The Kier molecular flexibility index (Phi) is 10.1. The lowest BCUT2D eigenvalue weighted by atomic mass is 9.95.